The summed E-state index contributed by atoms with van der Waals surface area (Å²) >= 11 is 0. The van der Waals surface area contributed by atoms with Crippen molar-refractivity contribution in [3.63, 3.8) is 0 Å². The van der Waals surface area contributed by atoms with Gasteiger partial charge in [-0.1, -0.05) is 0 Å². The molecule has 0 radical (unpaired) electrons. The average Bonchev–Trinajstić information content (AvgIpc) is 3.10. The zero-order valence-electron chi connectivity index (χ0n) is 13.5. The zero-order chi connectivity index (χ0) is 16.7. The van der Waals surface area contributed by atoms with Crippen LogP contribution in [0.3, 0.4) is 0 Å². The van der Waals surface area contributed by atoms with Gasteiger partial charge in [0, 0.05) is 25.3 Å². The van der Waals surface area contributed by atoms with E-state index in [2.05, 4.69) is 10.6 Å². The van der Waals surface area contributed by atoms with Crippen molar-refractivity contribution < 1.29 is 24.1 Å². The van der Waals surface area contributed by atoms with Crippen LogP contribution in [0.2, 0.25) is 0 Å². The van der Waals surface area contributed by atoms with Crippen LogP contribution in [-0.2, 0) is 4.74 Å². The van der Waals surface area contributed by atoms with Gasteiger partial charge in [0.25, 0.3) is 0 Å². The van der Waals surface area contributed by atoms with E-state index in [-0.39, 0.29) is 18.7 Å². The molecule has 1 aromatic rings. The van der Waals surface area contributed by atoms with Gasteiger partial charge in [0.2, 0.25) is 0 Å². The second-order valence-corrected chi connectivity index (χ2v) is 5.35. The maximum Gasteiger partial charge on any atom is 0.314 e. The summed E-state index contributed by atoms with van der Waals surface area (Å²) in [6, 6.07) is 4.82. The molecule has 1 aliphatic heterocycles. The molecule has 3 N–H and O–H groups in total. The predicted octanol–water partition coefficient (Wildman–Crippen LogP) is 1.22. The molecule has 1 aliphatic rings. The number of carbonyl (C=O) groups is 1. The number of aliphatic hydroxyl groups is 1. The number of carbonyl (C=O) groups excluding carboxylic acids is 1. The molecular formula is C16H24N2O5. The summed E-state index contributed by atoms with van der Waals surface area (Å²) in [5.41, 5.74) is 0.561. The number of methoxy groups -OCH3 is 2. The van der Waals surface area contributed by atoms with E-state index < -0.39 is 6.10 Å². The molecule has 1 saturated heterocycles. The monoisotopic (exact) mass is 324 g/mol. The van der Waals surface area contributed by atoms with E-state index in [0.717, 1.165) is 19.4 Å². The van der Waals surface area contributed by atoms with E-state index in [4.69, 9.17) is 14.2 Å². The summed E-state index contributed by atoms with van der Waals surface area (Å²) in [7, 11) is 3.08. The summed E-state index contributed by atoms with van der Waals surface area (Å²) in [4.78, 5) is 11.8. The Bertz CT molecular complexity index is 517. The topological polar surface area (TPSA) is 89.0 Å². The summed E-state index contributed by atoms with van der Waals surface area (Å²) in [6.07, 6.45) is 1.18. The van der Waals surface area contributed by atoms with Crippen molar-refractivity contribution >= 4 is 6.03 Å². The fourth-order valence-corrected chi connectivity index (χ4v) is 2.47. The highest BCUT2D eigenvalue weighted by Gasteiger charge is 2.18. The largest absolute Gasteiger partial charge is 0.497 e. The number of aliphatic hydroxyl groups excluding tert-OH is 1. The van der Waals surface area contributed by atoms with Crippen LogP contribution in [0.25, 0.3) is 0 Å². The zero-order valence-corrected chi connectivity index (χ0v) is 13.5. The fraction of sp³-hybridized carbons (Fsp3) is 0.562. The number of rotatable bonds is 7. The van der Waals surface area contributed by atoms with Crippen LogP contribution < -0.4 is 20.1 Å². The normalized spacial score (nSPS) is 18.3. The van der Waals surface area contributed by atoms with Crippen LogP contribution in [0.1, 0.15) is 24.5 Å². The van der Waals surface area contributed by atoms with Gasteiger partial charge in [-0.15, -0.1) is 0 Å². The van der Waals surface area contributed by atoms with Gasteiger partial charge in [-0.3, -0.25) is 0 Å². The van der Waals surface area contributed by atoms with Gasteiger partial charge < -0.3 is 30.0 Å². The molecule has 7 heteroatoms. The standard InChI is InChI=1S/C16H24N2O5/c1-21-11-5-6-15(22-2)13(8-11)14(19)10-18-16(20)17-9-12-4-3-7-23-12/h5-6,8,12,14,19H,3-4,7,9-10H2,1-2H3,(H2,17,18,20)/t12-,14+/m1/s1. The molecule has 2 atom stereocenters. The molecule has 2 rings (SSSR count). The fourth-order valence-electron chi connectivity index (χ4n) is 2.47. The lowest BCUT2D eigenvalue weighted by Crippen LogP contribution is -2.41. The molecule has 2 amide bonds. The molecule has 0 bridgehead atoms. The van der Waals surface area contributed by atoms with Crippen molar-refractivity contribution in [2.45, 2.75) is 25.0 Å². The Morgan fingerprint density at radius 1 is 1.39 bits per heavy atom. The van der Waals surface area contributed by atoms with Crippen LogP contribution in [0, 0.1) is 0 Å². The highest BCUT2D eigenvalue weighted by Crippen LogP contribution is 2.29. The third-order valence-electron chi connectivity index (χ3n) is 3.77. The molecule has 128 valence electrons. The smallest absolute Gasteiger partial charge is 0.314 e. The Morgan fingerprint density at radius 3 is 2.87 bits per heavy atom. The molecule has 0 spiro atoms. The summed E-state index contributed by atoms with van der Waals surface area (Å²) in [6.45, 7) is 1.30. The molecule has 0 aromatic heterocycles. The number of benzene rings is 1. The van der Waals surface area contributed by atoms with Gasteiger partial charge >= 0.3 is 6.03 Å². The number of hydrogen-bond acceptors (Lipinski definition) is 5. The highest BCUT2D eigenvalue weighted by molar-refractivity contribution is 5.73. The number of hydrogen-bond donors (Lipinski definition) is 3. The lowest BCUT2D eigenvalue weighted by Gasteiger charge is -2.17. The number of urea groups is 1. The molecule has 7 nitrogen and oxygen atoms in total. The summed E-state index contributed by atoms with van der Waals surface area (Å²) in [5, 5.41) is 15.7. The van der Waals surface area contributed by atoms with Gasteiger partial charge in [0.05, 0.1) is 20.3 Å². The second-order valence-electron chi connectivity index (χ2n) is 5.35. The van der Waals surface area contributed by atoms with Crippen LogP contribution in [0.4, 0.5) is 4.79 Å². The minimum Gasteiger partial charge on any atom is -0.497 e. The lowest BCUT2D eigenvalue weighted by atomic mass is 10.1. The predicted molar refractivity (Wildman–Crippen MR) is 84.9 cm³/mol. The number of ether oxygens (including phenoxy) is 3. The van der Waals surface area contributed by atoms with E-state index in [1.54, 1.807) is 25.3 Å². The average molecular weight is 324 g/mol. The molecular weight excluding hydrogens is 300 g/mol. The van der Waals surface area contributed by atoms with Gasteiger partial charge in [-0.2, -0.15) is 0 Å². The first-order valence-corrected chi connectivity index (χ1v) is 7.67. The summed E-state index contributed by atoms with van der Waals surface area (Å²) < 4.78 is 15.8. The first-order chi connectivity index (χ1) is 11.1. The first-order valence-electron chi connectivity index (χ1n) is 7.67. The quantitative estimate of drug-likeness (QED) is 0.702. The van der Waals surface area contributed by atoms with E-state index in [1.807, 2.05) is 0 Å². The van der Waals surface area contributed by atoms with E-state index in [9.17, 15) is 9.90 Å². The van der Waals surface area contributed by atoms with E-state index in [1.165, 1.54) is 7.11 Å². The lowest BCUT2D eigenvalue weighted by molar-refractivity contribution is 0.111. The minimum absolute atomic E-state index is 0.0703. The Labute approximate surface area is 135 Å². The van der Waals surface area contributed by atoms with Gasteiger partial charge in [-0.25, -0.2) is 4.79 Å². The summed E-state index contributed by atoms with van der Waals surface area (Å²) in [5.74, 6) is 1.16. The molecule has 1 heterocycles. The third kappa shape index (κ3) is 5.01. The van der Waals surface area contributed by atoms with Crippen molar-refractivity contribution in [3.05, 3.63) is 23.8 Å². The third-order valence-corrected chi connectivity index (χ3v) is 3.77. The Balaban J connectivity index is 1.83. The minimum atomic E-state index is -0.895. The molecule has 0 saturated carbocycles. The van der Waals surface area contributed by atoms with Gasteiger partial charge in [0.15, 0.2) is 0 Å². The van der Waals surface area contributed by atoms with Crippen LogP contribution in [0.5, 0.6) is 11.5 Å². The SMILES string of the molecule is COc1ccc(OC)c([C@@H](O)CNC(=O)NC[C@H]2CCCO2)c1. The first kappa shape index (κ1) is 17.4. The highest BCUT2D eigenvalue weighted by atomic mass is 16.5. The molecule has 1 fully saturated rings. The Kier molecular flexibility index (Phi) is 6.49. The number of amides is 2. The maximum absolute atomic E-state index is 11.8. The van der Waals surface area contributed by atoms with Crippen molar-refractivity contribution in [1.82, 2.24) is 10.6 Å². The van der Waals surface area contributed by atoms with Crippen LogP contribution >= 0.6 is 0 Å². The van der Waals surface area contributed by atoms with E-state index >= 15 is 0 Å². The van der Waals surface area contributed by atoms with Crippen molar-refractivity contribution in [1.29, 1.82) is 0 Å². The van der Waals surface area contributed by atoms with Crippen LogP contribution in [-0.4, -0.2) is 51.2 Å². The van der Waals surface area contributed by atoms with Gasteiger partial charge in [-0.05, 0) is 31.0 Å². The second kappa shape index (κ2) is 8.59. The van der Waals surface area contributed by atoms with Crippen molar-refractivity contribution in [3.8, 4) is 11.5 Å². The Morgan fingerprint density at radius 2 is 2.22 bits per heavy atom. The van der Waals surface area contributed by atoms with Crippen molar-refractivity contribution in [2.24, 2.45) is 0 Å². The van der Waals surface area contributed by atoms with Crippen molar-refractivity contribution in [2.75, 3.05) is 33.9 Å². The molecule has 23 heavy (non-hydrogen) atoms. The molecule has 0 unspecified atom stereocenters. The molecule has 0 aliphatic carbocycles. The van der Waals surface area contributed by atoms with Crippen LogP contribution in [0.15, 0.2) is 18.2 Å². The molecule has 1 aromatic carbocycles. The van der Waals surface area contributed by atoms with E-state index in [0.29, 0.717) is 23.6 Å². The maximum atomic E-state index is 11.8. The number of nitrogens with one attached hydrogen (secondary N) is 2. The Hall–Kier alpha value is -1.99. The van der Waals surface area contributed by atoms with Gasteiger partial charge in [0.1, 0.15) is 17.6 Å².